The molecule has 3 heterocycles. The highest BCUT2D eigenvalue weighted by atomic mass is 32.2. The molecule has 0 aliphatic heterocycles. The molecule has 22 heavy (non-hydrogen) atoms. The van der Waals surface area contributed by atoms with Gasteiger partial charge >= 0.3 is 5.00 Å². The van der Waals surface area contributed by atoms with Crippen molar-refractivity contribution in [1.29, 1.82) is 0 Å². The van der Waals surface area contributed by atoms with Gasteiger partial charge in [-0.3, -0.25) is 10.1 Å². The highest BCUT2D eigenvalue weighted by molar-refractivity contribution is 7.98. The third-order valence-electron chi connectivity index (χ3n) is 2.63. The van der Waals surface area contributed by atoms with Gasteiger partial charge in [0.2, 0.25) is 11.0 Å². The van der Waals surface area contributed by atoms with Crippen molar-refractivity contribution >= 4 is 34.3 Å². The second kappa shape index (κ2) is 6.12. The first-order valence-electron chi connectivity index (χ1n) is 6.01. The Morgan fingerprint density at radius 3 is 2.95 bits per heavy atom. The maximum absolute atomic E-state index is 10.7. The van der Waals surface area contributed by atoms with E-state index in [0.29, 0.717) is 21.6 Å². The predicted molar refractivity (Wildman–Crippen MR) is 83.5 cm³/mol. The molecule has 0 fully saturated rings. The van der Waals surface area contributed by atoms with Gasteiger partial charge in [-0.05, 0) is 24.5 Å². The van der Waals surface area contributed by atoms with E-state index in [4.69, 9.17) is 4.42 Å². The van der Waals surface area contributed by atoms with Crippen LogP contribution in [0, 0.1) is 10.1 Å². The van der Waals surface area contributed by atoms with Crippen molar-refractivity contribution < 1.29 is 9.34 Å². The lowest BCUT2D eigenvalue weighted by Gasteiger charge is -1.99. The van der Waals surface area contributed by atoms with Crippen molar-refractivity contribution in [3.05, 3.63) is 45.5 Å². The molecule has 0 saturated carbocycles. The van der Waals surface area contributed by atoms with Crippen LogP contribution in [-0.4, -0.2) is 32.3 Å². The molecule has 3 rings (SSSR count). The van der Waals surface area contributed by atoms with E-state index >= 15 is 0 Å². The van der Waals surface area contributed by atoms with E-state index in [1.165, 1.54) is 28.7 Å². The van der Waals surface area contributed by atoms with Crippen LogP contribution >= 0.6 is 23.1 Å². The van der Waals surface area contributed by atoms with Gasteiger partial charge in [0.1, 0.15) is 0 Å². The summed E-state index contributed by atoms with van der Waals surface area (Å²) < 4.78 is 6.85. The van der Waals surface area contributed by atoms with Gasteiger partial charge in [0.25, 0.3) is 0 Å². The predicted octanol–water partition coefficient (Wildman–Crippen LogP) is 3.11. The Balaban J connectivity index is 1.95. The molecule has 0 radical (unpaired) electrons. The topological polar surface area (TPSA) is 99.3 Å². The van der Waals surface area contributed by atoms with Crippen molar-refractivity contribution in [2.24, 2.45) is 5.10 Å². The second-order valence-corrected chi connectivity index (χ2v) is 5.84. The van der Waals surface area contributed by atoms with Gasteiger partial charge in [-0.25, -0.2) is 0 Å². The highest BCUT2D eigenvalue weighted by Crippen LogP contribution is 2.25. The molecule has 0 N–H and O–H groups in total. The largest absolute Gasteiger partial charge is 0.461 e. The molecule has 0 amide bonds. The first-order valence-corrected chi connectivity index (χ1v) is 8.05. The number of thiophene rings is 1. The minimum absolute atomic E-state index is 0.0709. The van der Waals surface area contributed by atoms with Crippen molar-refractivity contribution in [1.82, 2.24) is 14.9 Å². The van der Waals surface area contributed by atoms with Gasteiger partial charge in [-0.1, -0.05) is 23.1 Å². The van der Waals surface area contributed by atoms with Crippen molar-refractivity contribution in [3.63, 3.8) is 0 Å². The summed E-state index contributed by atoms with van der Waals surface area (Å²) in [6.07, 6.45) is 4.94. The molecule has 0 spiro atoms. The van der Waals surface area contributed by atoms with Crippen LogP contribution < -0.4 is 0 Å². The van der Waals surface area contributed by atoms with Crippen molar-refractivity contribution in [2.45, 2.75) is 5.16 Å². The molecule has 112 valence electrons. The third kappa shape index (κ3) is 2.78. The maximum atomic E-state index is 10.7. The average molecular weight is 335 g/mol. The van der Waals surface area contributed by atoms with Gasteiger partial charge < -0.3 is 4.42 Å². The van der Waals surface area contributed by atoms with E-state index in [0.717, 1.165) is 11.3 Å². The number of aromatic nitrogens is 3. The van der Waals surface area contributed by atoms with Crippen LogP contribution in [0.3, 0.4) is 0 Å². The number of nitrogens with zero attached hydrogens (tertiary/aromatic N) is 5. The fraction of sp³-hybridized carbons (Fsp3) is 0.0833. The van der Waals surface area contributed by atoms with Crippen LogP contribution in [0.15, 0.2) is 45.2 Å². The normalized spacial score (nSPS) is 11.3. The summed E-state index contributed by atoms with van der Waals surface area (Å²) in [7, 11) is 0. The number of hydrogen-bond acceptors (Lipinski definition) is 8. The zero-order valence-corrected chi connectivity index (χ0v) is 12.9. The Labute approximate surface area is 132 Å². The zero-order valence-electron chi connectivity index (χ0n) is 11.2. The van der Waals surface area contributed by atoms with E-state index in [2.05, 4.69) is 15.3 Å². The summed E-state index contributed by atoms with van der Waals surface area (Å²) in [5, 5.41) is 23.7. The van der Waals surface area contributed by atoms with Crippen LogP contribution in [0.1, 0.15) is 4.88 Å². The number of nitro groups is 1. The maximum Gasteiger partial charge on any atom is 0.324 e. The van der Waals surface area contributed by atoms with Gasteiger partial charge in [-0.2, -0.15) is 9.78 Å². The summed E-state index contributed by atoms with van der Waals surface area (Å²) in [5.74, 6) is 1.01. The molecule has 0 saturated heterocycles. The molecule has 0 atom stereocenters. The molecule has 0 aliphatic carbocycles. The second-order valence-electron chi connectivity index (χ2n) is 3.98. The Morgan fingerprint density at radius 2 is 2.32 bits per heavy atom. The van der Waals surface area contributed by atoms with E-state index < -0.39 is 4.92 Å². The number of furan rings is 1. The number of hydrogen-bond donors (Lipinski definition) is 0. The monoisotopic (exact) mass is 335 g/mol. The number of rotatable bonds is 5. The average Bonchev–Trinajstić information content (AvgIpc) is 3.24. The Morgan fingerprint density at radius 1 is 1.45 bits per heavy atom. The molecule has 0 bridgehead atoms. The van der Waals surface area contributed by atoms with Crippen molar-refractivity contribution in [3.8, 4) is 11.6 Å². The minimum Gasteiger partial charge on any atom is -0.461 e. The fourth-order valence-corrected chi connectivity index (χ4v) is 2.80. The molecule has 0 unspecified atom stereocenters. The number of thioether (sulfide) groups is 1. The van der Waals surface area contributed by atoms with Crippen LogP contribution in [0.4, 0.5) is 5.00 Å². The van der Waals surface area contributed by atoms with Crippen LogP contribution in [-0.2, 0) is 0 Å². The third-order valence-corrected chi connectivity index (χ3v) is 4.22. The molecular formula is C12H9N5O3S2. The molecule has 0 aromatic carbocycles. The quantitative estimate of drug-likeness (QED) is 0.307. The lowest BCUT2D eigenvalue weighted by molar-refractivity contribution is -0.380. The fourth-order valence-electron chi connectivity index (χ4n) is 1.68. The Kier molecular flexibility index (Phi) is 4.02. The van der Waals surface area contributed by atoms with Crippen LogP contribution in [0.5, 0.6) is 0 Å². The lowest BCUT2D eigenvalue weighted by atomic mass is 10.4. The minimum atomic E-state index is -0.428. The van der Waals surface area contributed by atoms with Gasteiger partial charge in [0.05, 0.1) is 22.3 Å². The summed E-state index contributed by atoms with van der Waals surface area (Å²) in [6.45, 7) is 0. The molecule has 3 aromatic heterocycles. The van der Waals surface area contributed by atoms with E-state index in [-0.39, 0.29) is 5.00 Å². The molecule has 10 heteroatoms. The first kappa shape index (κ1) is 14.5. The highest BCUT2D eigenvalue weighted by Gasteiger charge is 2.15. The Hall–Kier alpha value is -2.46. The molecule has 0 aliphatic rings. The zero-order chi connectivity index (χ0) is 15.5. The molecule has 3 aromatic rings. The van der Waals surface area contributed by atoms with Crippen LogP contribution in [0.25, 0.3) is 11.6 Å². The Bertz CT molecular complexity index is 822. The van der Waals surface area contributed by atoms with E-state index in [1.807, 2.05) is 6.26 Å². The van der Waals surface area contributed by atoms with E-state index in [1.54, 1.807) is 24.5 Å². The van der Waals surface area contributed by atoms with Crippen LogP contribution in [0.2, 0.25) is 0 Å². The summed E-state index contributed by atoms with van der Waals surface area (Å²) in [4.78, 5) is 10.9. The van der Waals surface area contributed by atoms with Gasteiger partial charge in [0.15, 0.2) is 5.76 Å². The van der Waals surface area contributed by atoms with Gasteiger partial charge in [0, 0.05) is 6.07 Å². The smallest absolute Gasteiger partial charge is 0.324 e. The van der Waals surface area contributed by atoms with E-state index in [9.17, 15) is 10.1 Å². The van der Waals surface area contributed by atoms with Gasteiger partial charge in [-0.15, -0.1) is 10.2 Å². The van der Waals surface area contributed by atoms with Crippen molar-refractivity contribution in [2.75, 3.05) is 6.26 Å². The molecular weight excluding hydrogens is 326 g/mol. The summed E-state index contributed by atoms with van der Waals surface area (Å²) >= 11 is 2.43. The molecule has 8 nitrogen and oxygen atoms in total. The first-order chi connectivity index (χ1) is 10.7. The SMILES string of the molecule is CSc1nnc(-c2ccco2)n1/N=C/c1ccc([N+](=O)[O-])s1. The standard InChI is InChI=1S/C12H9N5O3S2/c1-21-12-15-14-11(9-3-2-6-20-9)16(12)13-7-8-4-5-10(22-8)17(18)19/h2-7H,1H3/b13-7+. The summed E-state index contributed by atoms with van der Waals surface area (Å²) in [6, 6.07) is 6.60. The summed E-state index contributed by atoms with van der Waals surface area (Å²) in [5.41, 5.74) is 0. The lowest BCUT2D eigenvalue weighted by Crippen LogP contribution is -1.95.